The first kappa shape index (κ1) is 34.0. The molecule has 0 amide bonds. The normalized spacial score (nSPS) is 12.5. The van der Waals surface area contributed by atoms with E-state index in [1.54, 1.807) is 0 Å². The van der Waals surface area contributed by atoms with Crippen LogP contribution in [0, 0.1) is 0 Å². The Bertz CT molecular complexity index is 3150. The van der Waals surface area contributed by atoms with Crippen molar-refractivity contribution >= 4 is 54.4 Å². The molecule has 56 heavy (non-hydrogen) atoms. The van der Waals surface area contributed by atoms with Crippen LogP contribution in [0.5, 0.6) is 0 Å². The van der Waals surface area contributed by atoms with E-state index >= 15 is 0 Å². The average molecular weight is 725 g/mol. The van der Waals surface area contributed by atoms with Crippen LogP contribution in [-0.4, -0.2) is 19.5 Å². The summed E-state index contributed by atoms with van der Waals surface area (Å²) in [6, 6.07) is 52.8. The topological polar surface area (TPSA) is 46.5 Å². The van der Waals surface area contributed by atoms with Crippen molar-refractivity contribution in [3.63, 3.8) is 0 Å². The highest BCUT2D eigenvalue weighted by atomic mass is 15.1. The predicted octanol–water partition coefficient (Wildman–Crippen LogP) is 14.0. The molecule has 0 aliphatic carbocycles. The second kappa shape index (κ2) is 12.5. The molecule has 4 heteroatoms. The molecule has 4 nitrogen and oxygen atoms in total. The second-order valence-electron chi connectivity index (χ2n) is 17.2. The van der Waals surface area contributed by atoms with E-state index in [1.807, 2.05) is 6.20 Å². The molecule has 0 spiro atoms. The summed E-state index contributed by atoms with van der Waals surface area (Å²) in [5.74, 6) is 0.911. The maximum absolute atomic E-state index is 5.72. The molecule has 0 bridgehead atoms. The van der Waals surface area contributed by atoms with E-state index in [1.165, 1.54) is 38.1 Å². The number of hydrogen-bond acceptors (Lipinski definition) is 2. The second-order valence-corrected chi connectivity index (χ2v) is 17.2. The minimum absolute atomic E-state index is 0.0297. The van der Waals surface area contributed by atoms with Crippen LogP contribution >= 0.6 is 0 Å². The molecule has 272 valence electrons. The van der Waals surface area contributed by atoms with Crippen molar-refractivity contribution in [3.8, 4) is 39.5 Å². The number of H-pyrrole nitrogens is 1. The molecule has 0 radical (unpaired) electrons. The molecule has 0 aliphatic rings. The SMILES string of the molecule is CC(C)(C)c1ccc2[nH]c3c(-c4nc5c(-c6cccc(-c7nccc8ccccc78)c6)cccc5n4-c4cccc5ccccc45)cc(C(C)(C)C)cc3c2c1. The van der Waals surface area contributed by atoms with Crippen LogP contribution in [0.4, 0.5) is 0 Å². The number of nitrogens with zero attached hydrogens (tertiary/aromatic N) is 3. The lowest BCUT2D eigenvalue weighted by Crippen LogP contribution is -2.11. The van der Waals surface area contributed by atoms with Crippen LogP contribution in [-0.2, 0) is 10.8 Å². The number of fused-ring (bicyclic) bond motifs is 6. The molecule has 0 atom stereocenters. The highest BCUT2D eigenvalue weighted by Crippen LogP contribution is 2.43. The molecular formula is C52H44N4. The number of para-hydroxylation sites is 1. The van der Waals surface area contributed by atoms with Crippen molar-refractivity contribution in [2.75, 3.05) is 0 Å². The van der Waals surface area contributed by atoms with Gasteiger partial charge in [0.25, 0.3) is 0 Å². The van der Waals surface area contributed by atoms with E-state index in [0.717, 1.165) is 66.9 Å². The molecule has 3 heterocycles. The van der Waals surface area contributed by atoms with Crippen molar-refractivity contribution in [1.29, 1.82) is 0 Å². The summed E-state index contributed by atoms with van der Waals surface area (Å²) in [6.07, 6.45) is 1.91. The summed E-state index contributed by atoms with van der Waals surface area (Å²) in [5.41, 5.74) is 13.2. The Morgan fingerprint density at radius 2 is 1.20 bits per heavy atom. The third kappa shape index (κ3) is 5.51. The third-order valence-electron chi connectivity index (χ3n) is 11.5. The molecule has 0 fully saturated rings. The first-order valence-electron chi connectivity index (χ1n) is 19.6. The Hall–Kier alpha value is -6.52. The van der Waals surface area contributed by atoms with Gasteiger partial charge in [-0.25, -0.2) is 4.98 Å². The van der Waals surface area contributed by atoms with Gasteiger partial charge in [0.15, 0.2) is 0 Å². The molecule has 10 aromatic rings. The average Bonchev–Trinajstić information content (AvgIpc) is 3.78. The number of aromatic nitrogens is 4. The van der Waals surface area contributed by atoms with Crippen molar-refractivity contribution in [2.24, 2.45) is 0 Å². The first-order valence-corrected chi connectivity index (χ1v) is 19.6. The van der Waals surface area contributed by atoms with E-state index in [-0.39, 0.29) is 10.8 Å². The van der Waals surface area contributed by atoms with E-state index in [4.69, 9.17) is 9.97 Å². The van der Waals surface area contributed by atoms with Crippen LogP contribution in [0.1, 0.15) is 52.7 Å². The van der Waals surface area contributed by atoms with Gasteiger partial charge in [-0.05, 0) is 86.8 Å². The number of rotatable bonds is 4. The minimum Gasteiger partial charge on any atom is -0.354 e. The molecule has 0 saturated carbocycles. The third-order valence-corrected chi connectivity index (χ3v) is 11.5. The van der Waals surface area contributed by atoms with E-state index in [2.05, 4.69) is 197 Å². The molecular weight excluding hydrogens is 681 g/mol. The van der Waals surface area contributed by atoms with Crippen LogP contribution in [0.3, 0.4) is 0 Å². The molecule has 0 unspecified atom stereocenters. The Morgan fingerprint density at radius 3 is 2.00 bits per heavy atom. The monoisotopic (exact) mass is 724 g/mol. The number of imidazole rings is 1. The van der Waals surface area contributed by atoms with Crippen molar-refractivity contribution in [3.05, 3.63) is 163 Å². The smallest absolute Gasteiger partial charge is 0.147 e. The molecule has 0 aliphatic heterocycles. The fraction of sp³-hybridized carbons (Fsp3) is 0.154. The van der Waals surface area contributed by atoms with Gasteiger partial charge in [0, 0.05) is 49.9 Å². The summed E-state index contributed by atoms with van der Waals surface area (Å²) in [6.45, 7) is 13.8. The largest absolute Gasteiger partial charge is 0.354 e. The Kier molecular flexibility index (Phi) is 7.59. The fourth-order valence-electron chi connectivity index (χ4n) is 8.42. The maximum Gasteiger partial charge on any atom is 0.147 e. The predicted molar refractivity (Wildman–Crippen MR) is 237 cm³/mol. The lowest BCUT2D eigenvalue weighted by Gasteiger charge is -2.21. The van der Waals surface area contributed by atoms with Crippen molar-refractivity contribution < 1.29 is 0 Å². The van der Waals surface area contributed by atoms with E-state index in [0.29, 0.717) is 0 Å². The van der Waals surface area contributed by atoms with Crippen LogP contribution in [0.2, 0.25) is 0 Å². The number of hydrogen-bond donors (Lipinski definition) is 1. The summed E-state index contributed by atoms with van der Waals surface area (Å²) in [7, 11) is 0. The van der Waals surface area contributed by atoms with Crippen LogP contribution in [0.15, 0.2) is 152 Å². The summed E-state index contributed by atoms with van der Waals surface area (Å²) >= 11 is 0. The Balaban J connectivity index is 1.29. The van der Waals surface area contributed by atoms with Crippen molar-refractivity contribution in [1.82, 2.24) is 19.5 Å². The van der Waals surface area contributed by atoms with Gasteiger partial charge >= 0.3 is 0 Å². The van der Waals surface area contributed by atoms with Crippen molar-refractivity contribution in [2.45, 2.75) is 52.4 Å². The standard InChI is InChI=1S/C52H44N4/c1-51(2,3)36-24-25-44-41(29-36)42-30-37(52(4,5)6)31-43(48(42)54-44)50-55-49-40(21-13-23-46(49)56(50)45-22-12-16-32-14-7-9-19-38(32)45)34-17-11-18-35(28-34)47-39-20-10-8-15-33(39)26-27-53-47/h7-31,54H,1-6H3. The summed E-state index contributed by atoms with van der Waals surface area (Å²) < 4.78 is 2.39. The van der Waals surface area contributed by atoms with Gasteiger partial charge in [-0.2, -0.15) is 0 Å². The zero-order chi connectivity index (χ0) is 38.3. The first-order chi connectivity index (χ1) is 27.0. The van der Waals surface area contributed by atoms with Gasteiger partial charge in [-0.1, -0.05) is 139 Å². The molecule has 10 rings (SSSR count). The van der Waals surface area contributed by atoms with Gasteiger partial charge < -0.3 is 4.98 Å². The maximum atomic E-state index is 5.72. The highest BCUT2D eigenvalue weighted by Gasteiger charge is 2.25. The quantitative estimate of drug-likeness (QED) is 0.196. The molecule has 3 aromatic heterocycles. The number of benzene rings is 7. The van der Waals surface area contributed by atoms with Gasteiger partial charge in [-0.15, -0.1) is 0 Å². The van der Waals surface area contributed by atoms with Crippen LogP contribution in [0.25, 0.3) is 93.8 Å². The van der Waals surface area contributed by atoms with Gasteiger partial charge in [0.1, 0.15) is 5.82 Å². The summed E-state index contributed by atoms with van der Waals surface area (Å²) in [5, 5.41) is 7.16. The summed E-state index contributed by atoms with van der Waals surface area (Å²) in [4.78, 5) is 14.5. The molecule has 1 N–H and O–H groups in total. The van der Waals surface area contributed by atoms with Gasteiger partial charge in [0.2, 0.25) is 0 Å². The minimum atomic E-state index is -0.0916. The highest BCUT2D eigenvalue weighted by molar-refractivity contribution is 6.13. The van der Waals surface area contributed by atoms with Gasteiger partial charge in [0.05, 0.1) is 27.9 Å². The number of aromatic amines is 1. The zero-order valence-corrected chi connectivity index (χ0v) is 32.8. The Labute approximate surface area is 327 Å². The zero-order valence-electron chi connectivity index (χ0n) is 32.8. The van der Waals surface area contributed by atoms with Crippen LogP contribution < -0.4 is 0 Å². The van der Waals surface area contributed by atoms with E-state index in [9.17, 15) is 0 Å². The lowest BCUT2D eigenvalue weighted by atomic mass is 9.84. The molecule has 0 saturated heterocycles. The number of pyridine rings is 1. The Morgan fingerprint density at radius 1 is 0.518 bits per heavy atom. The fourth-order valence-corrected chi connectivity index (χ4v) is 8.42. The van der Waals surface area contributed by atoms with E-state index < -0.39 is 0 Å². The number of nitrogens with one attached hydrogen (secondary N) is 1. The molecule has 7 aromatic carbocycles. The lowest BCUT2D eigenvalue weighted by molar-refractivity contribution is 0.590. The van der Waals surface area contributed by atoms with Gasteiger partial charge in [-0.3, -0.25) is 9.55 Å².